The van der Waals surface area contributed by atoms with Crippen molar-refractivity contribution in [2.75, 3.05) is 16.2 Å². The van der Waals surface area contributed by atoms with E-state index < -0.39 is 22.5 Å². The number of amides is 1. The van der Waals surface area contributed by atoms with Crippen LogP contribution in [0.25, 0.3) is 0 Å². The van der Waals surface area contributed by atoms with Gasteiger partial charge in [-0.1, -0.05) is 70.7 Å². The molecule has 0 aromatic heterocycles. The molecule has 0 atom stereocenters. The summed E-state index contributed by atoms with van der Waals surface area (Å²) in [5, 5.41) is 3.35. The molecule has 0 saturated carbocycles. The number of hydrogen-bond acceptors (Lipinski definition) is 3. The number of benzene rings is 3. The maximum absolute atomic E-state index is 13.3. The lowest BCUT2D eigenvalue weighted by molar-refractivity contribution is -0.114. The van der Waals surface area contributed by atoms with Gasteiger partial charge in [0.15, 0.2) is 0 Å². The largest absolute Gasteiger partial charge is 0.323 e. The van der Waals surface area contributed by atoms with Gasteiger partial charge in [0.25, 0.3) is 10.0 Å². The molecule has 10 heteroatoms. The fourth-order valence-corrected chi connectivity index (χ4v) is 4.85. The highest BCUT2D eigenvalue weighted by molar-refractivity contribution is 7.92. The van der Waals surface area contributed by atoms with Crippen LogP contribution in [0.3, 0.4) is 0 Å². The van der Waals surface area contributed by atoms with Gasteiger partial charge in [0.1, 0.15) is 6.54 Å². The zero-order valence-electron chi connectivity index (χ0n) is 15.2. The van der Waals surface area contributed by atoms with E-state index in [0.717, 1.165) is 4.31 Å². The fraction of sp³-hybridized carbons (Fsp3) is 0.0500. The topological polar surface area (TPSA) is 66.5 Å². The van der Waals surface area contributed by atoms with Gasteiger partial charge in [0.2, 0.25) is 5.91 Å². The molecule has 0 unspecified atom stereocenters. The SMILES string of the molecule is O=C(CN(c1cc(Cl)ccc1Cl)S(=O)(=O)c1ccccc1)Nc1cccc(Cl)c1Cl. The zero-order chi connectivity index (χ0) is 21.9. The predicted octanol–water partition coefficient (Wildman–Crippen LogP) is 6.13. The van der Waals surface area contributed by atoms with Crippen molar-refractivity contribution in [3.63, 3.8) is 0 Å². The van der Waals surface area contributed by atoms with Crippen molar-refractivity contribution >= 4 is 73.7 Å². The minimum Gasteiger partial charge on any atom is -0.323 e. The summed E-state index contributed by atoms with van der Waals surface area (Å²) in [6.45, 7) is -0.569. The van der Waals surface area contributed by atoms with Crippen molar-refractivity contribution in [2.24, 2.45) is 0 Å². The number of nitrogens with one attached hydrogen (secondary N) is 1. The monoisotopic (exact) mass is 502 g/mol. The Kier molecular flexibility index (Phi) is 7.16. The molecule has 0 bridgehead atoms. The molecule has 0 heterocycles. The van der Waals surface area contributed by atoms with E-state index in [0.29, 0.717) is 0 Å². The number of hydrogen-bond donors (Lipinski definition) is 1. The first kappa shape index (κ1) is 22.7. The number of sulfonamides is 1. The van der Waals surface area contributed by atoms with E-state index in [1.807, 2.05) is 0 Å². The molecule has 0 fully saturated rings. The number of nitrogens with zero attached hydrogens (tertiary/aromatic N) is 1. The third-order valence-electron chi connectivity index (χ3n) is 4.02. The number of anilines is 2. The Bertz CT molecular complexity index is 1190. The number of carbonyl (C=O) groups excluding carboxylic acids is 1. The van der Waals surface area contributed by atoms with E-state index in [-0.39, 0.29) is 36.4 Å². The normalized spacial score (nSPS) is 11.2. The van der Waals surface area contributed by atoms with Crippen molar-refractivity contribution in [2.45, 2.75) is 4.90 Å². The van der Waals surface area contributed by atoms with Crippen LogP contribution in [0.4, 0.5) is 11.4 Å². The van der Waals surface area contributed by atoms with E-state index >= 15 is 0 Å². The summed E-state index contributed by atoms with van der Waals surface area (Å²) in [5.41, 5.74) is 0.323. The molecular formula is C20H14Cl4N2O3S. The highest BCUT2D eigenvalue weighted by atomic mass is 35.5. The zero-order valence-corrected chi connectivity index (χ0v) is 19.0. The summed E-state index contributed by atoms with van der Waals surface area (Å²) >= 11 is 24.4. The van der Waals surface area contributed by atoms with Crippen molar-refractivity contribution < 1.29 is 13.2 Å². The quantitative estimate of drug-likeness (QED) is 0.439. The maximum atomic E-state index is 13.3. The first-order valence-electron chi connectivity index (χ1n) is 8.47. The van der Waals surface area contributed by atoms with Crippen LogP contribution in [-0.2, 0) is 14.8 Å². The van der Waals surface area contributed by atoms with Gasteiger partial charge in [0.05, 0.1) is 31.3 Å². The first-order chi connectivity index (χ1) is 14.2. The van der Waals surface area contributed by atoms with Crippen LogP contribution in [0.1, 0.15) is 0 Å². The molecule has 30 heavy (non-hydrogen) atoms. The van der Waals surface area contributed by atoms with Crippen LogP contribution in [0.15, 0.2) is 71.6 Å². The Labute approximate surface area is 194 Å². The molecule has 0 aliphatic rings. The van der Waals surface area contributed by atoms with Gasteiger partial charge in [-0.25, -0.2) is 8.42 Å². The summed E-state index contributed by atoms with van der Waals surface area (Å²) in [7, 11) is -4.13. The van der Waals surface area contributed by atoms with E-state index in [1.54, 1.807) is 36.4 Å². The van der Waals surface area contributed by atoms with Crippen LogP contribution in [-0.4, -0.2) is 20.9 Å². The van der Waals surface area contributed by atoms with Gasteiger partial charge in [0, 0.05) is 5.02 Å². The van der Waals surface area contributed by atoms with Crippen molar-refractivity contribution in [1.82, 2.24) is 0 Å². The van der Waals surface area contributed by atoms with Gasteiger partial charge in [-0.3, -0.25) is 9.10 Å². The van der Waals surface area contributed by atoms with Crippen LogP contribution in [0, 0.1) is 0 Å². The molecule has 1 N–H and O–H groups in total. The summed E-state index contributed by atoms with van der Waals surface area (Å²) < 4.78 is 27.5. The van der Waals surface area contributed by atoms with Gasteiger partial charge >= 0.3 is 0 Å². The van der Waals surface area contributed by atoms with Crippen molar-refractivity contribution in [3.8, 4) is 0 Å². The lowest BCUT2D eigenvalue weighted by Crippen LogP contribution is -2.38. The van der Waals surface area contributed by atoms with E-state index in [1.165, 1.54) is 30.3 Å². The standard InChI is InChI=1S/C20H14Cl4N2O3S/c21-13-9-10-15(22)18(11-13)26(30(28,29)14-5-2-1-3-6-14)12-19(27)25-17-8-4-7-16(23)20(17)24/h1-11H,12H2,(H,25,27). The fourth-order valence-electron chi connectivity index (χ4n) is 2.62. The number of rotatable bonds is 6. The van der Waals surface area contributed by atoms with E-state index in [4.69, 9.17) is 46.4 Å². The first-order valence-corrected chi connectivity index (χ1v) is 11.4. The molecule has 3 aromatic carbocycles. The molecule has 3 rings (SSSR count). The van der Waals surface area contributed by atoms with E-state index in [9.17, 15) is 13.2 Å². The molecule has 0 aliphatic heterocycles. The van der Waals surface area contributed by atoms with Gasteiger partial charge < -0.3 is 5.32 Å². The molecule has 1 amide bonds. The summed E-state index contributed by atoms with van der Waals surface area (Å²) in [4.78, 5) is 12.7. The van der Waals surface area contributed by atoms with Crippen LogP contribution >= 0.6 is 46.4 Å². The Morgan fingerprint density at radius 1 is 0.867 bits per heavy atom. The summed E-state index contributed by atoms with van der Waals surface area (Å²) in [5.74, 6) is -0.644. The van der Waals surface area contributed by atoms with E-state index in [2.05, 4.69) is 5.32 Å². The molecule has 0 aliphatic carbocycles. The van der Waals surface area contributed by atoms with Crippen LogP contribution in [0.5, 0.6) is 0 Å². The second-order valence-corrected chi connectivity index (χ2v) is 9.56. The third kappa shape index (κ3) is 5.02. The van der Waals surface area contributed by atoms with Crippen LogP contribution < -0.4 is 9.62 Å². The molecule has 0 spiro atoms. The second kappa shape index (κ2) is 9.45. The smallest absolute Gasteiger partial charge is 0.264 e. The molecule has 156 valence electrons. The highest BCUT2D eigenvalue weighted by Gasteiger charge is 2.29. The highest BCUT2D eigenvalue weighted by Crippen LogP contribution is 2.33. The summed E-state index contributed by atoms with van der Waals surface area (Å²) in [6, 6.07) is 16.8. The third-order valence-corrected chi connectivity index (χ3v) is 7.17. The Balaban J connectivity index is 2.01. The lowest BCUT2D eigenvalue weighted by atomic mass is 10.3. The average Bonchev–Trinajstić information content (AvgIpc) is 2.72. The van der Waals surface area contributed by atoms with Crippen molar-refractivity contribution in [3.05, 3.63) is 86.8 Å². The van der Waals surface area contributed by atoms with Gasteiger partial charge in [-0.05, 0) is 42.5 Å². The molecule has 0 saturated heterocycles. The summed E-state index contributed by atoms with van der Waals surface area (Å²) in [6.07, 6.45) is 0. The van der Waals surface area contributed by atoms with Crippen LogP contribution in [0.2, 0.25) is 20.1 Å². The number of carbonyl (C=O) groups is 1. The molecular weight excluding hydrogens is 490 g/mol. The van der Waals surface area contributed by atoms with Gasteiger partial charge in [-0.2, -0.15) is 0 Å². The average molecular weight is 504 g/mol. The maximum Gasteiger partial charge on any atom is 0.264 e. The minimum atomic E-state index is -4.13. The van der Waals surface area contributed by atoms with Gasteiger partial charge in [-0.15, -0.1) is 0 Å². The Morgan fingerprint density at radius 3 is 2.27 bits per heavy atom. The minimum absolute atomic E-state index is 0.00497. The molecule has 5 nitrogen and oxygen atoms in total. The Morgan fingerprint density at radius 2 is 1.57 bits per heavy atom. The Hall–Kier alpha value is -1.96. The van der Waals surface area contributed by atoms with Crippen molar-refractivity contribution in [1.29, 1.82) is 0 Å². The predicted molar refractivity (Wildman–Crippen MR) is 123 cm³/mol. The molecule has 3 aromatic rings. The second-order valence-electron chi connectivity index (χ2n) is 6.07. The number of halogens is 4. The molecule has 0 radical (unpaired) electrons. The lowest BCUT2D eigenvalue weighted by Gasteiger charge is -2.25.